The topological polar surface area (TPSA) is 45.2 Å². The number of hydrogen-bond acceptors (Lipinski definition) is 5. The summed E-state index contributed by atoms with van der Waals surface area (Å²) in [7, 11) is 0. The molecule has 6 heteroatoms. The van der Waals surface area contributed by atoms with Crippen LogP contribution in [0.15, 0.2) is 42.5 Å². The second kappa shape index (κ2) is 11.0. The van der Waals surface area contributed by atoms with Gasteiger partial charge >= 0.3 is 0 Å². The number of hydrogen-bond donors (Lipinski definition) is 1. The summed E-state index contributed by atoms with van der Waals surface area (Å²) in [5.41, 5.74) is 4.61. The minimum Gasteiger partial charge on any atom is -0.507 e. The third kappa shape index (κ3) is 6.17. The maximum absolute atomic E-state index is 11.0. The molecule has 1 N–H and O–H groups in total. The molecule has 2 aliphatic rings. The predicted molar refractivity (Wildman–Crippen MR) is 117 cm³/mol. The lowest BCUT2D eigenvalue weighted by Crippen LogP contribution is -2.36. The zero-order valence-corrected chi connectivity index (χ0v) is 17.7. The van der Waals surface area contributed by atoms with Crippen LogP contribution in [0.4, 0.5) is 0 Å². The molecule has 2 aliphatic heterocycles. The summed E-state index contributed by atoms with van der Waals surface area (Å²) in [4.78, 5) is 4.73. The second-order valence-corrected chi connectivity index (χ2v) is 7.70. The van der Waals surface area contributed by atoms with Gasteiger partial charge in [-0.05, 0) is 17.5 Å². The van der Waals surface area contributed by atoms with E-state index in [-0.39, 0.29) is 12.4 Å². The van der Waals surface area contributed by atoms with Crippen LogP contribution in [-0.4, -0.2) is 67.5 Å². The van der Waals surface area contributed by atoms with E-state index in [1.165, 1.54) is 11.1 Å². The van der Waals surface area contributed by atoms with Gasteiger partial charge in [0.25, 0.3) is 0 Å². The highest BCUT2D eigenvalue weighted by Crippen LogP contribution is 2.29. The van der Waals surface area contributed by atoms with Crippen LogP contribution in [0.2, 0.25) is 0 Å². The Hall–Kier alpha value is -1.63. The van der Waals surface area contributed by atoms with Crippen molar-refractivity contribution in [3.05, 3.63) is 64.7 Å². The average Bonchev–Trinajstić information content (AvgIpc) is 2.74. The Morgan fingerprint density at radius 2 is 1.21 bits per heavy atom. The van der Waals surface area contributed by atoms with E-state index < -0.39 is 0 Å². The number of phenolic OH excluding ortho intramolecular Hbond substituents is 1. The number of morpholine rings is 2. The minimum atomic E-state index is 0. The zero-order valence-electron chi connectivity index (χ0n) is 16.9. The van der Waals surface area contributed by atoms with E-state index in [0.717, 1.165) is 83.2 Å². The van der Waals surface area contributed by atoms with Crippen LogP contribution in [0, 0.1) is 0 Å². The fourth-order valence-electron chi connectivity index (χ4n) is 4.01. The zero-order chi connectivity index (χ0) is 19.2. The van der Waals surface area contributed by atoms with Crippen molar-refractivity contribution in [3.63, 3.8) is 0 Å². The Labute approximate surface area is 179 Å². The molecule has 2 aromatic rings. The summed E-state index contributed by atoms with van der Waals surface area (Å²) >= 11 is 0. The summed E-state index contributed by atoms with van der Waals surface area (Å²) in [5, 5.41) is 11.0. The van der Waals surface area contributed by atoms with Crippen LogP contribution in [0.1, 0.15) is 22.3 Å². The summed E-state index contributed by atoms with van der Waals surface area (Å²) in [6.07, 6.45) is 0.882. The van der Waals surface area contributed by atoms with Crippen molar-refractivity contribution in [3.8, 4) is 5.75 Å². The summed E-state index contributed by atoms with van der Waals surface area (Å²) in [6.45, 7) is 8.29. The smallest absolute Gasteiger partial charge is 0.124 e. The van der Waals surface area contributed by atoms with Gasteiger partial charge < -0.3 is 14.6 Å². The van der Waals surface area contributed by atoms with Gasteiger partial charge in [0.2, 0.25) is 0 Å². The molecule has 0 aromatic heterocycles. The third-order valence-corrected chi connectivity index (χ3v) is 5.57. The van der Waals surface area contributed by atoms with Gasteiger partial charge in [-0.25, -0.2) is 0 Å². The Morgan fingerprint density at radius 1 is 0.724 bits per heavy atom. The lowest BCUT2D eigenvalue weighted by Gasteiger charge is -2.29. The molecule has 0 spiro atoms. The number of ether oxygens (including phenoxy) is 2. The molecule has 0 amide bonds. The van der Waals surface area contributed by atoms with E-state index in [2.05, 4.69) is 46.2 Å². The van der Waals surface area contributed by atoms with Crippen molar-refractivity contribution in [2.75, 3.05) is 52.6 Å². The van der Waals surface area contributed by atoms with Gasteiger partial charge in [-0.1, -0.05) is 42.5 Å². The van der Waals surface area contributed by atoms with E-state index in [1.807, 2.05) is 6.07 Å². The van der Waals surface area contributed by atoms with Crippen LogP contribution in [0.5, 0.6) is 5.75 Å². The van der Waals surface area contributed by atoms with Gasteiger partial charge in [-0.2, -0.15) is 0 Å². The molecule has 0 aliphatic carbocycles. The van der Waals surface area contributed by atoms with Gasteiger partial charge in [0.1, 0.15) is 5.75 Å². The van der Waals surface area contributed by atoms with Gasteiger partial charge in [0.15, 0.2) is 0 Å². The van der Waals surface area contributed by atoms with Gasteiger partial charge in [-0.3, -0.25) is 9.80 Å². The number of aromatic hydroxyl groups is 1. The maximum Gasteiger partial charge on any atom is 0.124 e. The highest BCUT2D eigenvalue weighted by atomic mass is 35.5. The Kier molecular flexibility index (Phi) is 8.33. The molecule has 2 aromatic carbocycles. The van der Waals surface area contributed by atoms with E-state index >= 15 is 0 Å². The first-order valence-electron chi connectivity index (χ1n) is 10.3. The molecule has 0 radical (unpaired) electrons. The Balaban J connectivity index is 0.00000240. The second-order valence-electron chi connectivity index (χ2n) is 7.70. The quantitative estimate of drug-likeness (QED) is 0.781. The number of halogens is 1. The van der Waals surface area contributed by atoms with Crippen LogP contribution in [0.3, 0.4) is 0 Å². The lowest BCUT2D eigenvalue weighted by molar-refractivity contribution is 0.0327. The average molecular weight is 419 g/mol. The highest BCUT2D eigenvalue weighted by Gasteiger charge is 2.18. The van der Waals surface area contributed by atoms with Crippen LogP contribution in [0.25, 0.3) is 0 Å². The van der Waals surface area contributed by atoms with Crippen LogP contribution in [-0.2, 0) is 29.0 Å². The van der Waals surface area contributed by atoms with Crippen LogP contribution < -0.4 is 0 Å². The van der Waals surface area contributed by atoms with E-state index in [0.29, 0.717) is 5.75 Å². The number of nitrogens with zero attached hydrogens (tertiary/aromatic N) is 2. The number of phenols is 1. The van der Waals surface area contributed by atoms with Gasteiger partial charge in [-0.15, -0.1) is 12.4 Å². The molecule has 0 unspecified atom stereocenters. The Bertz CT molecular complexity index is 719. The summed E-state index contributed by atoms with van der Waals surface area (Å²) in [6, 6.07) is 14.9. The first kappa shape index (κ1) is 22.1. The van der Waals surface area contributed by atoms with E-state index in [4.69, 9.17) is 9.47 Å². The molecule has 0 bridgehead atoms. The molecule has 29 heavy (non-hydrogen) atoms. The molecule has 2 heterocycles. The number of benzene rings is 2. The largest absolute Gasteiger partial charge is 0.507 e. The van der Waals surface area contributed by atoms with Crippen molar-refractivity contribution in [2.45, 2.75) is 19.5 Å². The monoisotopic (exact) mass is 418 g/mol. The van der Waals surface area contributed by atoms with Crippen molar-refractivity contribution >= 4 is 12.4 Å². The molecule has 0 saturated carbocycles. The molecule has 2 saturated heterocycles. The first-order valence-corrected chi connectivity index (χ1v) is 10.3. The van der Waals surface area contributed by atoms with Crippen molar-refractivity contribution in [1.29, 1.82) is 0 Å². The normalized spacial score (nSPS) is 18.3. The lowest BCUT2D eigenvalue weighted by atomic mass is 9.98. The van der Waals surface area contributed by atoms with E-state index in [1.54, 1.807) is 0 Å². The van der Waals surface area contributed by atoms with Gasteiger partial charge in [0.05, 0.1) is 26.4 Å². The molecular weight excluding hydrogens is 388 g/mol. The third-order valence-electron chi connectivity index (χ3n) is 5.57. The van der Waals surface area contributed by atoms with Gasteiger partial charge in [0, 0.05) is 50.4 Å². The minimum absolute atomic E-state index is 0. The van der Waals surface area contributed by atoms with Crippen molar-refractivity contribution in [1.82, 2.24) is 9.80 Å². The fraction of sp³-hybridized carbons (Fsp3) is 0.478. The fourth-order valence-corrected chi connectivity index (χ4v) is 4.01. The predicted octanol–water partition coefficient (Wildman–Crippen LogP) is 3.07. The van der Waals surface area contributed by atoms with E-state index in [9.17, 15) is 5.11 Å². The Morgan fingerprint density at radius 3 is 1.69 bits per heavy atom. The molecule has 158 valence electrons. The number of rotatable bonds is 6. The highest BCUT2D eigenvalue weighted by molar-refractivity contribution is 5.85. The standard InChI is InChI=1S/C23H30N2O3.ClH/c26-23-21(17-24-6-10-27-11-7-24)15-20(14-19-4-2-1-3-5-19)16-22(23)18-25-8-12-28-13-9-25;/h1-5,15-16,26H,6-14,17-18H2;1H. The molecule has 2 fully saturated rings. The summed E-state index contributed by atoms with van der Waals surface area (Å²) in [5.74, 6) is 0.454. The summed E-state index contributed by atoms with van der Waals surface area (Å²) < 4.78 is 10.9. The molecule has 0 atom stereocenters. The molecule has 4 rings (SSSR count). The van der Waals surface area contributed by atoms with Crippen molar-refractivity contribution < 1.29 is 14.6 Å². The SMILES string of the molecule is Cl.Oc1c(CN2CCOCC2)cc(Cc2ccccc2)cc1CN1CCOCC1. The first-order chi connectivity index (χ1) is 13.8. The molecular formula is C23H31ClN2O3. The van der Waals surface area contributed by atoms with Crippen LogP contribution >= 0.6 is 12.4 Å². The van der Waals surface area contributed by atoms with Crippen molar-refractivity contribution in [2.24, 2.45) is 0 Å². The molecule has 5 nitrogen and oxygen atoms in total. The maximum atomic E-state index is 11.0.